The summed E-state index contributed by atoms with van der Waals surface area (Å²) in [6, 6.07) is 0. The molecule has 1 saturated carbocycles. The standard InChI is InChI=1S/C13H27NO2/c1-4-11(15)9-14-10-13(16)7-5-12(2,3)6-8-13/h11,14-16H,4-10H2,1-3H3. The lowest BCUT2D eigenvalue weighted by atomic mass is 9.71. The molecule has 0 aromatic rings. The molecule has 1 unspecified atom stereocenters. The minimum absolute atomic E-state index is 0.288. The Kier molecular flexibility index (Phi) is 4.77. The Bertz CT molecular complexity index is 206. The lowest BCUT2D eigenvalue weighted by Crippen LogP contribution is -2.46. The molecule has 16 heavy (non-hydrogen) atoms. The molecule has 0 spiro atoms. The van der Waals surface area contributed by atoms with E-state index in [2.05, 4.69) is 19.2 Å². The molecule has 0 bridgehead atoms. The minimum atomic E-state index is -0.553. The highest BCUT2D eigenvalue weighted by Gasteiger charge is 2.36. The van der Waals surface area contributed by atoms with Crippen LogP contribution < -0.4 is 5.32 Å². The second-order valence-corrected chi connectivity index (χ2v) is 6.08. The van der Waals surface area contributed by atoms with E-state index in [0.717, 1.165) is 32.1 Å². The fourth-order valence-corrected chi connectivity index (χ4v) is 2.18. The molecule has 1 aliphatic rings. The molecule has 1 rings (SSSR count). The van der Waals surface area contributed by atoms with Gasteiger partial charge in [0.05, 0.1) is 11.7 Å². The lowest BCUT2D eigenvalue weighted by molar-refractivity contribution is -0.0258. The quantitative estimate of drug-likeness (QED) is 0.672. The number of aliphatic hydroxyl groups is 2. The zero-order chi connectivity index (χ0) is 12.2. The SMILES string of the molecule is CCC(O)CNCC1(O)CCC(C)(C)CC1. The largest absolute Gasteiger partial charge is 0.392 e. The number of hydrogen-bond acceptors (Lipinski definition) is 3. The van der Waals surface area contributed by atoms with Crippen LogP contribution in [0.3, 0.4) is 0 Å². The van der Waals surface area contributed by atoms with Crippen molar-refractivity contribution in [2.45, 2.75) is 64.6 Å². The van der Waals surface area contributed by atoms with Crippen LogP contribution in [-0.2, 0) is 0 Å². The molecule has 0 radical (unpaired) electrons. The molecule has 0 saturated heterocycles. The van der Waals surface area contributed by atoms with Crippen molar-refractivity contribution < 1.29 is 10.2 Å². The van der Waals surface area contributed by atoms with Gasteiger partial charge in [0.2, 0.25) is 0 Å². The van der Waals surface area contributed by atoms with E-state index in [9.17, 15) is 10.2 Å². The van der Waals surface area contributed by atoms with Gasteiger partial charge in [0.25, 0.3) is 0 Å². The molecule has 1 fully saturated rings. The van der Waals surface area contributed by atoms with Gasteiger partial charge >= 0.3 is 0 Å². The second kappa shape index (κ2) is 5.48. The summed E-state index contributed by atoms with van der Waals surface area (Å²) >= 11 is 0. The van der Waals surface area contributed by atoms with Crippen molar-refractivity contribution in [3.05, 3.63) is 0 Å². The van der Waals surface area contributed by atoms with Crippen LogP contribution in [0.2, 0.25) is 0 Å². The summed E-state index contributed by atoms with van der Waals surface area (Å²) in [6.45, 7) is 7.69. The third kappa shape index (κ3) is 4.40. The van der Waals surface area contributed by atoms with Crippen LogP contribution in [0.4, 0.5) is 0 Å². The third-order valence-electron chi connectivity index (χ3n) is 3.84. The normalized spacial score (nSPS) is 25.3. The summed E-state index contributed by atoms with van der Waals surface area (Å²) in [5.41, 5.74) is -0.169. The maximum Gasteiger partial charge on any atom is 0.0772 e. The highest BCUT2D eigenvalue weighted by molar-refractivity contribution is 4.90. The van der Waals surface area contributed by atoms with E-state index in [1.807, 2.05) is 6.92 Å². The Morgan fingerprint density at radius 3 is 2.25 bits per heavy atom. The van der Waals surface area contributed by atoms with Crippen LogP contribution in [0.15, 0.2) is 0 Å². The molecule has 0 heterocycles. The van der Waals surface area contributed by atoms with Gasteiger partial charge in [-0.05, 0) is 37.5 Å². The predicted molar refractivity (Wildman–Crippen MR) is 66.4 cm³/mol. The number of aliphatic hydroxyl groups excluding tert-OH is 1. The van der Waals surface area contributed by atoms with Gasteiger partial charge in [0.15, 0.2) is 0 Å². The summed E-state index contributed by atoms with van der Waals surface area (Å²) in [5, 5.41) is 22.9. The van der Waals surface area contributed by atoms with Crippen molar-refractivity contribution in [2.75, 3.05) is 13.1 Å². The Hall–Kier alpha value is -0.120. The van der Waals surface area contributed by atoms with Gasteiger partial charge in [-0.2, -0.15) is 0 Å². The van der Waals surface area contributed by atoms with Gasteiger partial charge < -0.3 is 15.5 Å². The van der Waals surface area contributed by atoms with Gasteiger partial charge in [0, 0.05) is 13.1 Å². The smallest absolute Gasteiger partial charge is 0.0772 e. The van der Waals surface area contributed by atoms with Crippen molar-refractivity contribution in [1.29, 1.82) is 0 Å². The zero-order valence-electron chi connectivity index (χ0n) is 10.9. The fraction of sp³-hybridized carbons (Fsp3) is 1.00. The van der Waals surface area contributed by atoms with Gasteiger partial charge in [0.1, 0.15) is 0 Å². The molecule has 3 N–H and O–H groups in total. The average Bonchev–Trinajstić information content (AvgIpc) is 2.23. The molecule has 0 aliphatic heterocycles. The van der Waals surface area contributed by atoms with Crippen LogP contribution >= 0.6 is 0 Å². The van der Waals surface area contributed by atoms with Gasteiger partial charge in [-0.1, -0.05) is 20.8 Å². The number of rotatable bonds is 5. The van der Waals surface area contributed by atoms with Crippen LogP contribution in [0.25, 0.3) is 0 Å². The van der Waals surface area contributed by atoms with Crippen molar-refractivity contribution in [3.8, 4) is 0 Å². The van der Waals surface area contributed by atoms with E-state index in [0.29, 0.717) is 18.5 Å². The second-order valence-electron chi connectivity index (χ2n) is 6.08. The Balaban J connectivity index is 2.26. The van der Waals surface area contributed by atoms with Gasteiger partial charge in [-0.15, -0.1) is 0 Å². The van der Waals surface area contributed by atoms with E-state index >= 15 is 0 Å². The monoisotopic (exact) mass is 229 g/mol. The molecule has 96 valence electrons. The topological polar surface area (TPSA) is 52.5 Å². The first kappa shape index (κ1) is 13.9. The summed E-state index contributed by atoms with van der Waals surface area (Å²) < 4.78 is 0. The summed E-state index contributed by atoms with van der Waals surface area (Å²) in [6.07, 6.45) is 4.38. The van der Waals surface area contributed by atoms with Crippen LogP contribution in [-0.4, -0.2) is 35.0 Å². The molecule has 1 aliphatic carbocycles. The van der Waals surface area contributed by atoms with E-state index in [4.69, 9.17) is 0 Å². The van der Waals surface area contributed by atoms with Crippen molar-refractivity contribution in [2.24, 2.45) is 5.41 Å². The van der Waals surface area contributed by atoms with Crippen molar-refractivity contribution in [1.82, 2.24) is 5.32 Å². The summed E-state index contributed by atoms with van der Waals surface area (Å²) in [4.78, 5) is 0. The summed E-state index contributed by atoms with van der Waals surface area (Å²) in [7, 11) is 0. The van der Waals surface area contributed by atoms with Crippen LogP contribution in [0.1, 0.15) is 52.9 Å². The molecule has 1 atom stereocenters. The molecule has 0 amide bonds. The minimum Gasteiger partial charge on any atom is -0.392 e. The zero-order valence-corrected chi connectivity index (χ0v) is 10.9. The Morgan fingerprint density at radius 2 is 1.75 bits per heavy atom. The van der Waals surface area contributed by atoms with Gasteiger partial charge in [-0.3, -0.25) is 0 Å². The highest BCUT2D eigenvalue weighted by Crippen LogP contribution is 2.39. The van der Waals surface area contributed by atoms with Crippen molar-refractivity contribution in [3.63, 3.8) is 0 Å². The van der Waals surface area contributed by atoms with E-state index < -0.39 is 5.60 Å². The Morgan fingerprint density at radius 1 is 1.19 bits per heavy atom. The highest BCUT2D eigenvalue weighted by atomic mass is 16.3. The van der Waals surface area contributed by atoms with Crippen LogP contribution in [0.5, 0.6) is 0 Å². The molecule has 0 aromatic heterocycles. The van der Waals surface area contributed by atoms with E-state index in [1.165, 1.54) is 0 Å². The number of hydrogen-bond donors (Lipinski definition) is 3. The lowest BCUT2D eigenvalue weighted by Gasteiger charge is -2.40. The maximum absolute atomic E-state index is 10.3. The van der Waals surface area contributed by atoms with Gasteiger partial charge in [-0.25, -0.2) is 0 Å². The predicted octanol–water partition coefficient (Wildman–Crippen LogP) is 1.68. The average molecular weight is 229 g/mol. The summed E-state index contributed by atoms with van der Waals surface area (Å²) in [5.74, 6) is 0. The first-order valence-corrected chi connectivity index (χ1v) is 6.48. The van der Waals surface area contributed by atoms with E-state index in [-0.39, 0.29) is 6.10 Å². The number of nitrogens with one attached hydrogen (secondary N) is 1. The first-order valence-electron chi connectivity index (χ1n) is 6.48. The molecular weight excluding hydrogens is 202 g/mol. The third-order valence-corrected chi connectivity index (χ3v) is 3.84. The fourth-order valence-electron chi connectivity index (χ4n) is 2.18. The maximum atomic E-state index is 10.3. The van der Waals surface area contributed by atoms with Crippen molar-refractivity contribution >= 4 is 0 Å². The van der Waals surface area contributed by atoms with Crippen LogP contribution in [0, 0.1) is 5.41 Å². The molecule has 3 heteroatoms. The first-order chi connectivity index (χ1) is 7.37. The molecular formula is C13H27NO2. The molecule has 0 aromatic carbocycles. The van der Waals surface area contributed by atoms with E-state index in [1.54, 1.807) is 0 Å². The Labute approximate surface area is 99.3 Å². The molecule has 3 nitrogen and oxygen atoms in total.